The molecule has 20 heavy (non-hydrogen) atoms. The first kappa shape index (κ1) is 14.8. The van der Waals surface area contributed by atoms with Crippen molar-refractivity contribution >= 4 is 50.3 Å². The number of nitrogens with zero attached hydrogens (tertiary/aromatic N) is 1. The van der Waals surface area contributed by atoms with Crippen LogP contribution in [0.2, 0.25) is 0 Å². The van der Waals surface area contributed by atoms with E-state index in [0.717, 1.165) is 10.2 Å². The van der Waals surface area contributed by atoms with Crippen LogP contribution < -0.4 is 11.1 Å². The van der Waals surface area contributed by atoms with Gasteiger partial charge in [-0.3, -0.25) is 9.59 Å². The van der Waals surface area contributed by atoms with Crippen LogP contribution in [0.25, 0.3) is 10.2 Å². The van der Waals surface area contributed by atoms with Crippen LogP contribution in [0.5, 0.6) is 0 Å². The van der Waals surface area contributed by atoms with Crippen LogP contribution in [0, 0.1) is 0 Å². The van der Waals surface area contributed by atoms with Crippen molar-refractivity contribution in [2.75, 3.05) is 16.8 Å². The number of aromatic nitrogens is 1. The van der Waals surface area contributed by atoms with Gasteiger partial charge in [-0.25, -0.2) is 4.98 Å². The number of nitrogens with two attached hydrogens (primary N) is 1. The molecule has 0 saturated heterocycles. The van der Waals surface area contributed by atoms with E-state index in [1.807, 2.05) is 24.3 Å². The number of carboxylic acids is 1. The first-order valence-electron chi connectivity index (χ1n) is 5.78. The average Bonchev–Trinajstić information content (AvgIpc) is 2.80. The molecule has 0 spiro atoms. The van der Waals surface area contributed by atoms with Crippen molar-refractivity contribution in [3.05, 3.63) is 24.3 Å². The van der Waals surface area contributed by atoms with E-state index in [2.05, 4.69) is 10.3 Å². The lowest BCUT2D eigenvalue weighted by molar-refractivity contribution is -0.137. The van der Waals surface area contributed by atoms with Crippen molar-refractivity contribution in [3.8, 4) is 0 Å². The number of rotatable bonds is 6. The number of hydrogen-bond acceptors (Lipinski definition) is 6. The van der Waals surface area contributed by atoms with Gasteiger partial charge in [-0.15, -0.1) is 11.8 Å². The molecule has 106 valence electrons. The third kappa shape index (κ3) is 3.92. The molecule has 2 rings (SSSR count). The number of carboxylic acid groups (broad SMARTS) is 1. The normalized spacial score (nSPS) is 12.2. The molecule has 0 saturated carbocycles. The first-order valence-corrected chi connectivity index (χ1v) is 7.75. The van der Waals surface area contributed by atoms with Gasteiger partial charge in [0.15, 0.2) is 5.13 Å². The molecule has 0 aliphatic heterocycles. The van der Waals surface area contributed by atoms with E-state index in [4.69, 9.17) is 10.8 Å². The molecular weight excluding hydrogens is 298 g/mol. The molecule has 1 aromatic heterocycles. The number of hydrogen-bond donors (Lipinski definition) is 3. The van der Waals surface area contributed by atoms with Crippen molar-refractivity contribution in [2.45, 2.75) is 6.04 Å². The summed E-state index contributed by atoms with van der Waals surface area (Å²) < 4.78 is 1.00. The summed E-state index contributed by atoms with van der Waals surface area (Å²) in [7, 11) is 0. The number of fused-ring (bicyclic) bond motifs is 1. The predicted molar refractivity (Wildman–Crippen MR) is 81.2 cm³/mol. The molecule has 4 N–H and O–H groups in total. The van der Waals surface area contributed by atoms with Crippen LogP contribution in [0.4, 0.5) is 5.13 Å². The Labute approximate surface area is 123 Å². The van der Waals surface area contributed by atoms with E-state index < -0.39 is 12.0 Å². The van der Waals surface area contributed by atoms with Crippen LogP contribution in [0.15, 0.2) is 24.3 Å². The lowest BCUT2D eigenvalue weighted by Crippen LogP contribution is -2.33. The number of para-hydroxylation sites is 1. The minimum absolute atomic E-state index is 0.150. The van der Waals surface area contributed by atoms with Gasteiger partial charge in [0.05, 0.1) is 16.0 Å². The number of benzene rings is 1. The second-order valence-corrected chi connectivity index (χ2v) is 6.06. The molecule has 1 unspecified atom stereocenters. The van der Waals surface area contributed by atoms with Crippen LogP contribution >= 0.6 is 23.1 Å². The Bertz CT molecular complexity index is 596. The van der Waals surface area contributed by atoms with E-state index in [1.54, 1.807) is 0 Å². The summed E-state index contributed by atoms with van der Waals surface area (Å²) in [6, 6.07) is 6.66. The van der Waals surface area contributed by atoms with Crippen molar-refractivity contribution in [1.82, 2.24) is 4.98 Å². The van der Waals surface area contributed by atoms with Gasteiger partial charge in [-0.2, -0.15) is 0 Å². The van der Waals surface area contributed by atoms with Crippen molar-refractivity contribution in [1.29, 1.82) is 0 Å². The zero-order valence-corrected chi connectivity index (χ0v) is 12.0. The third-order valence-electron chi connectivity index (χ3n) is 2.39. The summed E-state index contributed by atoms with van der Waals surface area (Å²) in [5, 5.41) is 11.9. The zero-order chi connectivity index (χ0) is 14.5. The minimum Gasteiger partial charge on any atom is -0.480 e. The Morgan fingerprint density at radius 3 is 2.90 bits per heavy atom. The molecule has 6 nitrogen and oxygen atoms in total. The fraction of sp³-hybridized carbons (Fsp3) is 0.250. The number of carbonyl (C=O) groups excluding carboxylic acids is 1. The van der Waals surface area contributed by atoms with Crippen LogP contribution in [0.1, 0.15) is 0 Å². The zero-order valence-electron chi connectivity index (χ0n) is 10.4. The smallest absolute Gasteiger partial charge is 0.321 e. The maximum atomic E-state index is 11.7. The third-order valence-corrected chi connectivity index (χ3v) is 4.40. The average molecular weight is 311 g/mol. The van der Waals surface area contributed by atoms with Gasteiger partial charge in [-0.1, -0.05) is 23.5 Å². The maximum absolute atomic E-state index is 11.7. The predicted octanol–water partition coefficient (Wildman–Crippen LogP) is 1.38. The van der Waals surface area contributed by atoms with Gasteiger partial charge in [0.25, 0.3) is 0 Å². The summed E-state index contributed by atoms with van der Waals surface area (Å²) in [4.78, 5) is 26.5. The molecule has 1 amide bonds. The maximum Gasteiger partial charge on any atom is 0.321 e. The van der Waals surface area contributed by atoms with E-state index in [-0.39, 0.29) is 17.4 Å². The highest BCUT2D eigenvalue weighted by molar-refractivity contribution is 8.00. The summed E-state index contributed by atoms with van der Waals surface area (Å²) in [6.07, 6.45) is 0. The summed E-state index contributed by atoms with van der Waals surface area (Å²) in [5.74, 6) is -0.935. The highest BCUT2D eigenvalue weighted by Crippen LogP contribution is 2.25. The fourth-order valence-electron chi connectivity index (χ4n) is 1.43. The molecule has 1 aromatic carbocycles. The van der Waals surface area contributed by atoms with E-state index >= 15 is 0 Å². The number of aliphatic carboxylic acids is 1. The lowest BCUT2D eigenvalue weighted by atomic mass is 10.3. The molecule has 0 fully saturated rings. The Hall–Kier alpha value is -1.64. The molecule has 0 bridgehead atoms. The lowest BCUT2D eigenvalue weighted by Gasteiger charge is -2.05. The van der Waals surface area contributed by atoms with Gasteiger partial charge >= 0.3 is 5.97 Å². The monoisotopic (exact) mass is 311 g/mol. The number of nitrogens with one attached hydrogen (secondary N) is 1. The number of thiazole rings is 1. The summed E-state index contributed by atoms with van der Waals surface area (Å²) in [6.45, 7) is 0. The van der Waals surface area contributed by atoms with Crippen LogP contribution in [0.3, 0.4) is 0 Å². The fourth-order valence-corrected chi connectivity index (χ4v) is 3.08. The molecular formula is C12H13N3O3S2. The van der Waals surface area contributed by atoms with Gasteiger partial charge in [0.1, 0.15) is 6.04 Å². The number of amides is 1. The first-order chi connectivity index (χ1) is 9.56. The van der Waals surface area contributed by atoms with E-state index in [1.165, 1.54) is 23.1 Å². The second-order valence-electron chi connectivity index (χ2n) is 3.99. The SMILES string of the molecule is NC(CSCC(=O)Nc1nc2ccccc2s1)C(=O)O. The number of anilines is 1. The molecule has 1 atom stereocenters. The van der Waals surface area contributed by atoms with Crippen molar-refractivity contribution < 1.29 is 14.7 Å². The van der Waals surface area contributed by atoms with Crippen molar-refractivity contribution in [2.24, 2.45) is 5.73 Å². The Morgan fingerprint density at radius 1 is 1.45 bits per heavy atom. The summed E-state index contributed by atoms with van der Waals surface area (Å²) >= 11 is 2.58. The molecule has 1 heterocycles. The highest BCUT2D eigenvalue weighted by Gasteiger charge is 2.13. The van der Waals surface area contributed by atoms with Crippen molar-refractivity contribution in [3.63, 3.8) is 0 Å². The Balaban J connectivity index is 1.84. The molecule has 0 radical (unpaired) electrons. The quantitative estimate of drug-likeness (QED) is 0.744. The molecule has 0 aliphatic carbocycles. The Kier molecular flexibility index (Phi) is 4.94. The topological polar surface area (TPSA) is 105 Å². The molecule has 0 aliphatic rings. The van der Waals surface area contributed by atoms with E-state index in [9.17, 15) is 9.59 Å². The highest BCUT2D eigenvalue weighted by atomic mass is 32.2. The summed E-state index contributed by atoms with van der Waals surface area (Å²) in [5.41, 5.74) is 6.18. The number of thioether (sulfide) groups is 1. The minimum atomic E-state index is -1.07. The van der Waals surface area contributed by atoms with E-state index in [0.29, 0.717) is 5.13 Å². The van der Waals surface area contributed by atoms with Gasteiger partial charge in [0, 0.05) is 5.75 Å². The van der Waals surface area contributed by atoms with Gasteiger partial charge in [0.2, 0.25) is 5.91 Å². The van der Waals surface area contributed by atoms with Gasteiger partial charge in [-0.05, 0) is 12.1 Å². The van der Waals surface area contributed by atoms with Crippen LogP contribution in [-0.4, -0.2) is 39.5 Å². The number of carbonyl (C=O) groups is 2. The second kappa shape index (κ2) is 6.69. The Morgan fingerprint density at radius 2 is 2.20 bits per heavy atom. The largest absolute Gasteiger partial charge is 0.480 e. The van der Waals surface area contributed by atoms with Gasteiger partial charge < -0.3 is 16.2 Å². The van der Waals surface area contributed by atoms with Crippen LogP contribution in [-0.2, 0) is 9.59 Å². The standard InChI is InChI=1S/C12H13N3O3S2/c13-7(11(17)18)5-19-6-10(16)15-12-14-8-3-1-2-4-9(8)20-12/h1-4,7H,5-6,13H2,(H,17,18)(H,14,15,16). The molecule has 8 heteroatoms. The molecule has 2 aromatic rings.